The molecule has 1 saturated carbocycles. The number of nitro groups is 1. The average Bonchev–Trinajstić information content (AvgIpc) is 2.86. The lowest BCUT2D eigenvalue weighted by molar-refractivity contribution is -0.384. The second-order valence-electron chi connectivity index (χ2n) is 5.25. The van der Waals surface area contributed by atoms with Crippen molar-refractivity contribution in [3.63, 3.8) is 0 Å². The molecular weight excluding hydrogens is 246 g/mol. The molecule has 19 heavy (non-hydrogen) atoms. The number of rotatable bonds is 5. The summed E-state index contributed by atoms with van der Waals surface area (Å²) >= 11 is 0. The minimum atomic E-state index is -0.466. The molecule has 0 bridgehead atoms. The summed E-state index contributed by atoms with van der Waals surface area (Å²) in [5, 5.41) is 23.4. The van der Waals surface area contributed by atoms with Gasteiger partial charge in [0.05, 0.1) is 22.9 Å². The summed E-state index contributed by atoms with van der Waals surface area (Å²) in [5.41, 5.74) is 6.76. The highest BCUT2D eigenvalue weighted by Crippen LogP contribution is 2.38. The van der Waals surface area contributed by atoms with E-state index in [0.717, 1.165) is 25.7 Å². The predicted octanol–water partition coefficient (Wildman–Crippen LogP) is 2.14. The van der Waals surface area contributed by atoms with Crippen molar-refractivity contribution in [3.05, 3.63) is 28.3 Å². The van der Waals surface area contributed by atoms with Crippen LogP contribution in [0.4, 0.5) is 17.1 Å². The predicted molar refractivity (Wildman–Crippen MR) is 74.0 cm³/mol. The van der Waals surface area contributed by atoms with Crippen LogP contribution in [0.15, 0.2) is 18.2 Å². The number of anilines is 2. The van der Waals surface area contributed by atoms with Crippen LogP contribution in [0.2, 0.25) is 0 Å². The minimum absolute atomic E-state index is 0.0132. The van der Waals surface area contributed by atoms with E-state index in [1.165, 1.54) is 12.1 Å². The Kier molecular flexibility index (Phi) is 3.90. The number of benzene rings is 1. The number of nitrogens with two attached hydrogens (primary N) is 1. The van der Waals surface area contributed by atoms with E-state index in [1.807, 2.05) is 0 Å². The fourth-order valence-electron chi connectivity index (χ4n) is 2.62. The van der Waals surface area contributed by atoms with E-state index in [1.54, 1.807) is 6.07 Å². The molecule has 104 valence electrons. The molecule has 6 nitrogen and oxygen atoms in total. The smallest absolute Gasteiger partial charge is 0.271 e. The molecule has 0 amide bonds. The van der Waals surface area contributed by atoms with E-state index >= 15 is 0 Å². The first-order valence-corrected chi connectivity index (χ1v) is 6.45. The molecule has 0 unspecified atom stereocenters. The minimum Gasteiger partial charge on any atom is -0.397 e. The number of aliphatic hydroxyl groups is 1. The average molecular weight is 265 g/mol. The molecule has 1 aromatic carbocycles. The van der Waals surface area contributed by atoms with Crippen LogP contribution in [0.3, 0.4) is 0 Å². The SMILES string of the molecule is Nc1cc([N+](=O)[O-])ccc1NCC1(CO)CCCC1. The highest BCUT2D eigenvalue weighted by molar-refractivity contribution is 5.69. The monoisotopic (exact) mass is 265 g/mol. The Bertz CT molecular complexity index is 470. The van der Waals surface area contributed by atoms with Gasteiger partial charge in [0, 0.05) is 24.1 Å². The number of nitro benzene ring substituents is 1. The first-order chi connectivity index (χ1) is 9.06. The maximum Gasteiger partial charge on any atom is 0.271 e. The molecular formula is C13H19N3O3. The number of nitrogens with one attached hydrogen (secondary N) is 1. The molecule has 2 rings (SSSR count). The van der Waals surface area contributed by atoms with Crippen LogP contribution >= 0.6 is 0 Å². The lowest BCUT2D eigenvalue weighted by atomic mass is 9.87. The van der Waals surface area contributed by atoms with Crippen LogP contribution in [0.1, 0.15) is 25.7 Å². The van der Waals surface area contributed by atoms with Gasteiger partial charge in [0.25, 0.3) is 5.69 Å². The Morgan fingerprint density at radius 1 is 1.42 bits per heavy atom. The van der Waals surface area contributed by atoms with Crippen molar-refractivity contribution in [1.29, 1.82) is 0 Å². The largest absolute Gasteiger partial charge is 0.397 e. The molecule has 0 heterocycles. The molecule has 0 aliphatic heterocycles. The molecule has 0 radical (unpaired) electrons. The number of nitrogen functional groups attached to an aromatic ring is 1. The van der Waals surface area contributed by atoms with Crippen LogP contribution in [0.25, 0.3) is 0 Å². The van der Waals surface area contributed by atoms with Crippen LogP contribution in [0.5, 0.6) is 0 Å². The van der Waals surface area contributed by atoms with Gasteiger partial charge in [-0.15, -0.1) is 0 Å². The second-order valence-corrected chi connectivity index (χ2v) is 5.25. The summed E-state index contributed by atoms with van der Waals surface area (Å²) in [6, 6.07) is 4.40. The van der Waals surface area contributed by atoms with Crippen LogP contribution < -0.4 is 11.1 Å². The van der Waals surface area contributed by atoms with Crippen LogP contribution in [-0.2, 0) is 0 Å². The van der Waals surface area contributed by atoms with Crippen molar-refractivity contribution >= 4 is 17.1 Å². The topological polar surface area (TPSA) is 101 Å². The van der Waals surface area contributed by atoms with Crippen LogP contribution in [-0.4, -0.2) is 23.2 Å². The van der Waals surface area contributed by atoms with E-state index in [2.05, 4.69) is 5.32 Å². The van der Waals surface area contributed by atoms with E-state index < -0.39 is 4.92 Å². The fraction of sp³-hybridized carbons (Fsp3) is 0.538. The molecule has 0 spiro atoms. The molecule has 1 aliphatic rings. The Hall–Kier alpha value is -1.82. The van der Waals surface area contributed by atoms with Gasteiger partial charge >= 0.3 is 0 Å². The van der Waals surface area contributed by atoms with Crippen LogP contribution in [0, 0.1) is 15.5 Å². The maximum absolute atomic E-state index is 10.6. The van der Waals surface area contributed by atoms with Gasteiger partial charge in [-0.05, 0) is 18.9 Å². The van der Waals surface area contributed by atoms with Gasteiger partial charge in [0.1, 0.15) is 0 Å². The Morgan fingerprint density at radius 3 is 2.63 bits per heavy atom. The zero-order valence-corrected chi connectivity index (χ0v) is 10.8. The number of hydrogen-bond acceptors (Lipinski definition) is 5. The summed E-state index contributed by atoms with van der Waals surface area (Å²) in [7, 11) is 0. The highest BCUT2D eigenvalue weighted by Gasteiger charge is 2.33. The van der Waals surface area contributed by atoms with Gasteiger partial charge in [-0.25, -0.2) is 0 Å². The number of non-ortho nitro benzene ring substituents is 1. The summed E-state index contributed by atoms with van der Waals surface area (Å²) in [6.45, 7) is 0.804. The van der Waals surface area contributed by atoms with E-state index in [0.29, 0.717) is 17.9 Å². The normalized spacial score (nSPS) is 17.3. The van der Waals surface area contributed by atoms with Gasteiger partial charge in [0.2, 0.25) is 0 Å². The standard InChI is InChI=1S/C13H19N3O3/c14-11-7-10(16(18)19)3-4-12(11)15-8-13(9-17)5-1-2-6-13/h3-4,7,15,17H,1-2,5-6,8-9,14H2. The van der Waals surface area contributed by atoms with Gasteiger partial charge in [-0.3, -0.25) is 10.1 Å². The summed E-state index contributed by atoms with van der Waals surface area (Å²) in [4.78, 5) is 10.2. The van der Waals surface area contributed by atoms with Crippen molar-refractivity contribution in [2.24, 2.45) is 5.41 Å². The van der Waals surface area contributed by atoms with Crippen molar-refractivity contribution < 1.29 is 10.0 Å². The quantitative estimate of drug-likeness (QED) is 0.430. The van der Waals surface area contributed by atoms with Crippen molar-refractivity contribution in [2.45, 2.75) is 25.7 Å². The summed E-state index contributed by atoms with van der Waals surface area (Å²) in [6.07, 6.45) is 4.28. The first-order valence-electron chi connectivity index (χ1n) is 6.45. The molecule has 1 aromatic rings. The molecule has 0 saturated heterocycles. The van der Waals surface area contributed by atoms with E-state index in [-0.39, 0.29) is 17.7 Å². The van der Waals surface area contributed by atoms with Gasteiger partial charge < -0.3 is 16.2 Å². The maximum atomic E-state index is 10.6. The van der Waals surface area contributed by atoms with E-state index in [9.17, 15) is 15.2 Å². The van der Waals surface area contributed by atoms with Gasteiger partial charge in [-0.2, -0.15) is 0 Å². The number of aliphatic hydroxyl groups excluding tert-OH is 1. The van der Waals surface area contributed by atoms with Crippen molar-refractivity contribution in [1.82, 2.24) is 0 Å². The Balaban J connectivity index is 2.05. The third kappa shape index (κ3) is 2.96. The summed E-state index contributed by atoms with van der Waals surface area (Å²) < 4.78 is 0. The lowest BCUT2D eigenvalue weighted by Gasteiger charge is -2.27. The first kappa shape index (κ1) is 13.6. The number of hydrogen-bond donors (Lipinski definition) is 3. The van der Waals surface area contributed by atoms with Gasteiger partial charge in [0.15, 0.2) is 0 Å². The summed E-state index contributed by atoms with van der Waals surface area (Å²) in [5.74, 6) is 0. The highest BCUT2D eigenvalue weighted by atomic mass is 16.6. The number of nitrogens with zero attached hydrogens (tertiary/aromatic N) is 1. The molecule has 4 N–H and O–H groups in total. The van der Waals surface area contributed by atoms with Crippen molar-refractivity contribution in [2.75, 3.05) is 24.2 Å². The third-order valence-electron chi connectivity index (χ3n) is 3.90. The van der Waals surface area contributed by atoms with E-state index in [4.69, 9.17) is 5.73 Å². The third-order valence-corrected chi connectivity index (χ3v) is 3.90. The zero-order valence-electron chi connectivity index (χ0n) is 10.8. The van der Waals surface area contributed by atoms with Gasteiger partial charge in [-0.1, -0.05) is 12.8 Å². The molecule has 1 fully saturated rings. The Labute approximate surface area is 111 Å². The molecule has 6 heteroatoms. The molecule has 0 atom stereocenters. The fourth-order valence-corrected chi connectivity index (χ4v) is 2.62. The second kappa shape index (κ2) is 5.44. The zero-order chi connectivity index (χ0) is 13.9. The lowest BCUT2D eigenvalue weighted by Crippen LogP contribution is -2.30. The molecule has 1 aliphatic carbocycles. The Morgan fingerprint density at radius 2 is 2.11 bits per heavy atom. The van der Waals surface area contributed by atoms with Crippen molar-refractivity contribution in [3.8, 4) is 0 Å². The molecule has 0 aromatic heterocycles.